The van der Waals surface area contributed by atoms with E-state index in [9.17, 15) is 9.59 Å². The fourth-order valence-corrected chi connectivity index (χ4v) is 5.03. The van der Waals surface area contributed by atoms with Crippen LogP contribution in [0.4, 0.5) is 0 Å². The molecule has 4 heteroatoms. The maximum Gasteiger partial charge on any atom is 0.315 e. The fourth-order valence-electron chi connectivity index (χ4n) is 5.03. The zero-order chi connectivity index (χ0) is 14.4. The van der Waals surface area contributed by atoms with Gasteiger partial charge in [-0.2, -0.15) is 0 Å². The van der Waals surface area contributed by atoms with Gasteiger partial charge in [0.1, 0.15) is 11.5 Å². The third-order valence-electron chi connectivity index (χ3n) is 5.61. The molecule has 2 aliphatic heterocycles. The summed E-state index contributed by atoms with van der Waals surface area (Å²) in [6, 6.07) is 0. The second-order valence-corrected chi connectivity index (χ2v) is 6.56. The van der Waals surface area contributed by atoms with Crippen molar-refractivity contribution in [2.24, 2.45) is 35.0 Å². The minimum Gasteiger partial charge on any atom is -0.431 e. The van der Waals surface area contributed by atoms with Crippen LogP contribution in [0.5, 0.6) is 0 Å². The molecule has 0 radical (unpaired) electrons. The maximum absolute atomic E-state index is 12.2. The molecule has 3 aliphatic carbocycles. The smallest absolute Gasteiger partial charge is 0.315 e. The molecule has 4 atom stereocenters. The van der Waals surface area contributed by atoms with E-state index in [0.717, 1.165) is 0 Å². The van der Waals surface area contributed by atoms with Gasteiger partial charge in [0.2, 0.25) is 0 Å². The van der Waals surface area contributed by atoms with Gasteiger partial charge < -0.3 is 9.47 Å². The number of ether oxygens (including phenoxy) is 2. The molecule has 2 saturated heterocycles. The summed E-state index contributed by atoms with van der Waals surface area (Å²) in [5.74, 6) is -0.241. The average Bonchev–Trinajstić information content (AvgIpc) is 2.80. The van der Waals surface area contributed by atoms with Crippen molar-refractivity contribution in [1.82, 2.24) is 0 Å². The summed E-state index contributed by atoms with van der Waals surface area (Å²) in [5.41, 5.74) is 0.607. The molecule has 0 aromatic carbocycles. The van der Waals surface area contributed by atoms with Gasteiger partial charge in [0.25, 0.3) is 0 Å². The fraction of sp³-hybridized carbons (Fsp3) is 0.500. The Bertz CT molecular complexity index is 584. The Balaban J connectivity index is 1.98. The topological polar surface area (TPSA) is 52.6 Å². The van der Waals surface area contributed by atoms with Crippen LogP contribution in [0, 0.1) is 35.0 Å². The van der Waals surface area contributed by atoms with Gasteiger partial charge in [-0.25, -0.2) is 0 Å². The van der Waals surface area contributed by atoms with Crippen LogP contribution in [0.2, 0.25) is 0 Å². The Morgan fingerprint density at radius 1 is 1.00 bits per heavy atom. The van der Waals surface area contributed by atoms with Crippen LogP contribution >= 0.6 is 0 Å². The summed E-state index contributed by atoms with van der Waals surface area (Å²) >= 11 is 0. The predicted octanol–water partition coefficient (Wildman–Crippen LogP) is 2.19. The molecule has 0 aromatic rings. The van der Waals surface area contributed by atoms with Crippen molar-refractivity contribution < 1.29 is 19.1 Å². The second-order valence-electron chi connectivity index (χ2n) is 6.56. The highest BCUT2D eigenvalue weighted by atomic mass is 16.6. The molecule has 1 saturated carbocycles. The Morgan fingerprint density at radius 2 is 1.45 bits per heavy atom. The van der Waals surface area contributed by atoms with Gasteiger partial charge in [0.05, 0.1) is 11.8 Å². The standard InChI is InChI=1S/C16H16O4/c1-6-5-16(4)12-10(7(2)19-14(12)17)9(6)11-8(3)20-15(18)13(11)16/h5,9-13H,2-3H2,1,4H3. The highest BCUT2D eigenvalue weighted by Crippen LogP contribution is 2.67. The van der Waals surface area contributed by atoms with Gasteiger partial charge >= 0.3 is 11.9 Å². The van der Waals surface area contributed by atoms with Crippen molar-refractivity contribution in [3.63, 3.8) is 0 Å². The van der Waals surface area contributed by atoms with Crippen molar-refractivity contribution in [3.05, 3.63) is 36.3 Å². The van der Waals surface area contributed by atoms with E-state index in [2.05, 4.69) is 19.2 Å². The third kappa shape index (κ3) is 1.06. The zero-order valence-corrected chi connectivity index (χ0v) is 11.5. The van der Waals surface area contributed by atoms with Gasteiger partial charge in [-0.3, -0.25) is 9.59 Å². The van der Waals surface area contributed by atoms with Crippen LogP contribution in [0.3, 0.4) is 0 Å². The van der Waals surface area contributed by atoms with Crippen LogP contribution in [-0.4, -0.2) is 11.9 Å². The molecule has 3 fully saturated rings. The van der Waals surface area contributed by atoms with Gasteiger partial charge in [-0.05, 0) is 6.92 Å². The molecule has 0 amide bonds. The van der Waals surface area contributed by atoms with E-state index in [0.29, 0.717) is 11.5 Å². The molecule has 5 rings (SSSR count). The zero-order valence-electron chi connectivity index (χ0n) is 11.5. The lowest BCUT2D eigenvalue weighted by Gasteiger charge is -2.53. The molecular formula is C16H16O4. The molecule has 104 valence electrons. The first-order chi connectivity index (χ1) is 9.36. The summed E-state index contributed by atoms with van der Waals surface area (Å²) in [6.45, 7) is 11.8. The Labute approximate surface area is 117 Å². The molecule has 20 heavy (non-hydrogen) atoms. The van der Waals surface area contributed by atoms with Crippen LogP contribution in [0.25, 0.3) is 0 Å². The van der Waals surface area contributed by atoms with Gasteiger partial charge in [-0.15, -0.1) is 0 Å². The number of rotatable bonds is 0. The molecule has 0 N–H and O–H groups in total. The summed E-state index contributed by atoms with van der Waals surface area (Å²) in [5, 5.41) is 0. The first-order valence-corrected chi connectivity index (χ1v) is 6.86. The third-order valence-corrected chi connectivity index (χ3v) is 5.61. The quantitative estimate of drug-likeness (QED) is 0.501. The van der Waals surface area contributed by atoms with E-state index in [4.69, 9.17) is 9.47 Å². The normalized spacial score (nSPS) is 48.7. The van der Waals surface area contributed by atoms with E-state index in [-0.39, 0.29) is 41.5 Å². The second kappa shape index (κ2) is 3.25. The van der Waals surface area contributed by atoms with Crippen LogP contribution in [0.15, 0.2) is 36.3 Å². The van der Waals surface area contributed by atoms with Gasteiger partial charge in [0.15, 0.2) is 0 Å². The Hall–Kier alpha value is -1.84. The van der Waals surface area contributed by atoms with Crippen LogP contribution in [-0.2, 0) is 19.1 Å². The number of allylic oxidation sites excluding steroid dienone is 4. The largest absolute Gasteiger partial charge is 0.431 e. The number of carbonyl (C=O) groups is 2. The van der Waals surface area contributed by atoms with E-state index >= 15 is 0 Å². The summed E-state index contributed by atoms with van der Waals surface area (Å²) < 4.78 is 10.6. The van der Waals surface area contributed by atoms with Crippen molar-refractivity contribution in [2.45, 2.75) is 13.8 Å². The molecule has 5 aliphatic rings. The van der Waals surface area contributed by atoms with Gasteiger partial charge in [-0.1, -0.05) is 31.7 Å². The first kappa shape index (κ1) is 11.9. The SMILES string of the molecule is C=C1OC(=O)C2C1C1C(C)=CC2(C)C2C(=O)OC(=C)C12. The van der Waals surface area contributed by atoms with Gasteiger partial charge in [0, 0.05) is 23.2 Å². The minimum atomic E-state index is -0.568. The molecule has 4 unspecified atom stereocenters. The minimum absolute atomic E-state index is 0.0322. The summed E-state index contributed by atoms with van der Waals surface area (Å²) in [7, 11) is 0. The number of esters is 2. The monoisotopic (exact) mass is 272 g/mol. The lowest BCUT2D eigenvalue weighted by atomic mass is 9.45. The summed E-state index contributed by atoms with van der Waals surface area (Å²) in [4.78, 5) is 24.4. The van der Waals surface area contributed by atoms with Crippen LogP contribution < -0.4 is 0 Å². The maximum atomic E-state index is 12.2. The molecule has 0 aromatic heterocycles. The first-order valence-electron chi connectivity index (χ1n) is 6.86. The van der Waals surface area contributed by atoms with Crippen LogP contribution in [0.1, 0.15) is 13.8 Å². The number of carbonyl (C=O) groups excluding carboxylic acids is 2. The predicted molar refractivity (Wildman–Crippen MR) is 69.8 cm³/mol. The number of hydrogen-bond acceptors (Lipinski definition) is 4. The van der Waals surface area contributed by atoms with Crippen molar-refractivity contribution in [2.75, 3.05) is 0 Å². The molecule has 2 heterocycles. The lowest BCUT2D eigenvalue weighted by molar-refractivity contribution is -0.152. The molecular weight excluding hydrogens is 256 g/mol. The Morgan fingerprint density at radius 3 is 1.90 bits per heavy atom. The number of cyclic esters (lactones) is 2. The van der Waals surface area contributed by atoms with Crippen molar-refractivity contribution in [3.8, 4) is 0 Å². The molecule has 4 nitrogen and oxygen atoms in total. The average molecular weight is 272 g/mol. The van der Waals surface area contributed by atoms with E-state index in [1.54, 1.807) is 0 Å². The van der Waals surface area contributed by atoms with E-state index < -0.39 is 5.41 Å². The Kier molecular flexibility index (Phi) is 1.94. The molecule has 0 spiro atoms. The van der Waals surface area contributed by atoms with E-state index in [1.807, 2.05) is 13.8 Å². The van der Waals surface area contributed by atoms with E-state index in [1.165, 1.54) is 5.57 Å². The van der Waals surface area contributed by atoms with Crippen molar-refractivity contribution in [1.29, 1.82) is 0 Å². The number of hydrogen-bond donors (Lipinski definition) is 0. The highest BCUT2D eigenvalue weighted by molar-refractivity contribution is 5.85. The highest BCUT2D eigenvalue weighted by Gasteiger charge is 2.70. The molecule has 2 bridgehead atoms. The lowest BCUT2D eigenvalue weighted by Crippen LogP contribution is -2.56. The van der Waals surface area contributed by atoms with Crippen molar-refractivity contribution >= 4 is 11.9 Å². The summed E-state index contributed by atoms with van der Waals surface area (Å²) in [6.07, 6.45) is 2.07.